The third kappa shape index (κ3) is 2.85. The Kier molecular flexibility index (Phi) is 3.73. The minimum absolute atomic E-state index is 0.0314. The highest BCUT2D eigenvalue weighted by atomic mass is 32.1. The Bertz CT molecular complexity index is 705. The molecule has 6 heteroatoms. The predicted octanol–water partition coefficient (Wildman–Crippen LogP) is 2.04. The molecule has 3 rings (SSSR count). The van der Waals surface area contributed by atoms with Gasteiger partial charge in [0, 0.05) is 12.6 Å². The lowest BCUT2D eigenvalue weighted by Gasteiger charge is -2.03. The number of aryl methyl sites for hydroxylation is 1. The molecule has 3 heterocycles. The van der Waals surface area contributed by atoms with Crippen LogP contribution in [0.25, 0.3) is 5.65 Å². The van der Waals surface area contributed by atoms with Crippen molar-refractivity contribution in [2.24, 2.45) is 0 Å². The van der Waals surface area contributed by atoms with Gasteiger partial charge in [-0.2, -0.15) is 11.3 Å². The van der Waals surface area contributed by atoms with Crippen LogP contribution in [0.15, 0.2) is 41.2 Å². The lowest BCUT2D eigenvalue weighted by molar-refractivity contribution is -0.121. The first-order valence-corrected chi connectivity index (χ1v) is 7.33. The third-order valence-electron chi connectivity index (χ3n) is 3.05. The molecule has 0 unspecified atom stereocenters. The van der Waals surface area contributed by atoms with Gasteiger partial charge < -0.3 is 5.32 Å². The van der Waals surface area contributed by atoms with Crippen LogP contribution in [0, 0.1) is 0 Å². The summed E-state index contributed by atoms with van der Waals surface area (Å²) in [6, 6.07) is 7.75. The van der Waals surface area contributed by atoms with Gasteiger partial charge in [-0.25, -0.2) is 0 Å². The highest BCUT2D eigenvalue weighted by Crippen LogP contribution is 2.08. The molecule has 102 valence electrons. The van der Waals surface area contributed by atoms with E-state index in [2.05, 4.69) is 20.9 Å². The zero-order chi connectivity index (χ0) is 13.8. The summed E-state index contributed by atoms with van der Waals surface area (Å²) in [5.41, 5.74) is 1.99. The number of fused-ring (bicyclic) bond motifs is 1. The molecule has 0 saturated carbocycles. The van der Waals surface area contributed by atoms with Crippen LogP contribution in [0.2, 0.25) is 0 Å². The molecule has 1 amide bonds. The molecule has 0 spiro atoms. The van der Waals surface area contributed by atoms with Gasteiger partial charge in [0.25, 0.3) is 0 Å². The molecule has 0 bridgehead atoms. The van der Waals surface area contributed by atoms with E-state index in [0.717, 1.165) is 17.9 Å². The maximum absolute atomic E-state index is 11.8. The third-order valence-corrected chi connectivity index (χ3v) is 3.78. The lowest BCUT2D eigenvalue weighted by atomic mass is 10.2. The van der Waals surface area contributed by atoms with Gasteiger partial charge in [-0.05, 0) is 40.9 Å². The molecule has 0 aliphatic rings. The molecule has 0 aliphatic heterocycles. The Morgan fingerprint density at radius 3 is 3.10 bits per heavy atom. The van der Waals surface area contributed by atoms with Crippen molar-refractivity contribution >= 4 is 22.9 Å². The molecule has 3 aromatic heterocycles. The highest BCUT2D eigenvalue weighted by Gasteiger charge is 2.07. The number of nitrogens with zero attached hydrogens (tertiary/aromatic N) is 3. The summed E-state index contributed by atoms with van der Waals surface area (Å²) in [4.78, 5) is 11.8. The van der Waals surface area contributed by atoms with E-state index in [-0.39, 0.29) is 5.91 Å². The summed E-state index contributed by atoms with van der Waals surface area (Å²) in [5.74, 6) is 0.772. The summed E-state index contributed by atoms with van der Waals surface area (Å²) in [5, 5.41) is 15.1. The topological polar surface area (TPSA) is 59.3 Å². The van der Waals surface area contributed by atoms with Crippen molar-refractivity contribution < 1.29 is 4.79 Å². The highest BCUT2D eigenvalue weighted by molar-refractivity contribution is 7.07. The monoisotopic (exact) mass is 286 g/mol. The Balaban J connectivity index is 1.55. The van der Waals surface area contributed by atoms with Gasteiger partial charge in [0.05, 0.1) is 6.54 Å². The molecular formula is C14H14N4OS. The maximum Gasteiger partial charge on any atom is 0.220 e. The number of carbonyl (C=O) groups is 1. The summed E-state index contributed by atoms with van der Waals surface area (Å²) in [7, 11) is 0. The van der Waals surface area contributed by atoms with Gasteiger partial charge in [-0.15, -0.1) is 10.2 Å². The van der Waals surface area contributed by atoms with Crippen LogP contribution >= 0.6 is 11.3 Å². The van der Waals surface area contributed by atoms with Crippen molar-refractivity contribution in [1.82, 2.24) is 19.9 Å². The molecule has 0 fully saturated rings. The SMILES string of the molecule is O=C(CCc1ccsc1)NCc1nnc2ccccn12. The van der Waals surface area contributed by atoms with Crippen molar-refractivity contribution in [2.45, 2.75) is 19.4 Å². The van der Waals surface area contributed by atoms with E-state index in [4.69, 9.17) is 0 Å². The van der Waals surface area contributed by atoms with Crippen LogP contribution in [0.4, 0.5) is 0 Å². The van der Waals surface area contributed by atoms with Crippen LogP contribution < -0.4 is 5.32 Å². The summed E-state index contributed by atoms with van der Waals surface area (Å²) in [6.07, 6.45) is 3.16. The molecule has 20 heavy (non-hydrogen) atoms. The minimum Gasteiger partial charge on any atom is -0.349 e. The van der Waals surface area contributed by atoms with E-state index in [9.17, 15) is 4.79 Å². The predicted molar refractivity (Wildman–Crippen MR) is 77.5 cm³/mol. The lowest BCUT2D eigenvalue weighted by Crippen LogP contribution is -2.24. The van der Waals surface area contributed by atoms with E-state index in [1.54, 1.807) is 11.3 Å². The first-order chi connectivity index (χ1) is 9.83. The van der Waals surface area contributed by atoms with Gasteiger partial charge in [-0.1, -0.05) is 6.07 Å². The van der Waals surface area contributed by atoms with Gasteiger partial charge >= 0.3 is 0 Å². The molecule has 0 radical (unpaired) electrons. The fraction of sp³-hybridized carbons (Fsp3) is 0.214. The van der Waals surface area contributed by atoms with E-state index in [1.165, 1.54) is 5.56 Å². The van der Waals surface area contributed by atoms with Gasteiger partial charge in [0.1, 0.15) is 0 Å². The Labute approximate surface area is 120 Å². The first-order valence-electron chi connectivity index (χ1n) is 6.39. The van der Waals surface area contributed by atoms with Crippen molar-refractivity contribution in [3.05, 3.63) is 52.6 Å². The number of thiophene rings is 1. The van der Waals surface area contributed by atoms with Crippen LogP contribution in [-0.2, 0) is 17.8 Å². The van der Waals surface area contributed by atoms with Crippen LogP contribution in [0.5, 0.6) is 0 Å². The number of aromatic nitrogens is 3. The van der Waals surface area contributed by atoms with E-state index in [0.29, 0.717) is 13.0 Å². The number of amides is 1. The van der Waals surface area contributed by atoms with Crippen LogP contribution in [0.1, 0.15) is 17.8 Å². The van der Waals surface area contributed by atoms with Crippen LogP contribution in [-0.4, -0.2) is 20.5 Å². The summed E-state index contributed by atoms with van der Waals surface area (Å²) >= 11 is 1.65. The van der Waals surface area contributed by atoms with Crippen molar-refractivity contribution in [1.29, 1.82) is 0 Å². The largest absolute Gasteiger partial charge is 0.349 e. The molecule has 0 aromatic carbocycles. The molecule has 0 atom stereocenters. The quantitative estimate of drug-likeness (QED) is 0.781. The average Bonchev–Trinajstić information content (AvgIpc) is 3.12. The molecule has 5 nitrogen and oxygen atoms in total. The molecule has 0 saturated heterocycles. The zero-order valence-electron chi connectivity index (χ0n) is 10.8. The van der Waals surface area contributed by atoms with E-state index >= 15 is 0 Å². The fourth-order valence-electron chi connectivity index (χ4n) is 1.97. The smallest absolute Gasteiger partial charge is 0.220 e. The minimum atomic E-state index is 0.0314. The van der Waals surface area contributed by atoms with Crippen molar-refractivity contribution in [2.75, 3.05) is 0 Å². The number of hydrogen-bond acceptors (Lipinski definition) is 4. The first kappa shape index (κ1) is 12.8. The number of rotatable bonds is 5. The molecule has 3 aromatic rings. The van der Waals surface area contributed by atoms with E-state index in [1.807, 2.05) is 40.2 Å². The molecule has 0 aliphatic carbocycles. The van der Waals surface area contributed by atoms with Gasteiger partial charge in [-0.3, -0.25) is 9.20 Å². The standard InChI is InChI=1S/C14H14N4OS/c19-14(5-4-11-6-8-20-10-11)15-9-13-17-16-12-3-1-2-7-18(12)13/h1-3,6-8,10H,4-5,9H2,(H,15,19). The Morgan fingerprint density at radius 2 is 2.25 bits per heavy atom. The number of nitrogens with one attached hydrogen (secondary N) is 1. The van der Waals surface area contributed by atoms with Gasteiger partial charge in [0.2, 0.25) is 5.91 Å². The number of hydrogen-bond donors (Lipinski definition) is 1. The second-order valence-corrected chi connectivity index (χ2v) is 5.23. The molecular weight excluding hydrogens is 272 g/mol. The summed E-state index contributed by atoms with van der Waals surface area (Å²) < 4.78 is 1.87. The number of pyridine rings is 1. The Hall–Kier alpha value is -2.21. The van der Waals surface area contributed by atoms with Gasteiger partial charge in [0.15, 0.2) is 11.5 Å². The second-order valence-electron chi connectivity index (χ2n) is 4.45. The fourth-order valence-corrected chi connectivity index (χ4v) is 2.67. The van der Waals surface area contributed by atoms with E-state index < -0.39 is 0 Å². The maximum atomic E-state index is 11.8. The second kappa shape index (κ2) is 5.83. The van der Waals surface area contributed by atoms with Crippen LogP contribution in [0.3, 0.4) is 0 Å². The molecule has 1 N–H and O–H groups in total. The average molecular weight is 286 g/mol. The summed E-state index contributed by atoms with van der Waals surface area (Å²) in [6.45, 7) is 0.396. The number of carbonyl (C=O) groups excluding carboxylic acids is 1. The normalized spacial score (nSPS) is 10.8. The van der Waals surface area contributed by atoms with Crippen molar-refractivity contribution in [3.8, 4) is 0 Å². The zero-order valence-corrected chi connectivity index (χ0v) is 11.6. The van der Waals surface area contributed by atoms with Crippen molar-refractivity contribution in [3.63, 3.8) is 0 Å². The Morgan fingerprint density at radius 1 is 1.30 bits per heavy atom.